The minimum Gasteiger partial charge on any atom is -0.437 e. The van der Waals surface area contributed by atoms with Crippen LogP contribution in [-0.2, 0) is 11.2 Å². The summed E-state index contributed by atoms with van der Waals surface area (Å²) in [5.74, 6) is 2.08. The van der Waals surface area contributed by atoms with E-state index in [1.54, 1.807) is 16.8 Å². The topological polar surface area (TPSA) is 97.6 Å². The van der Waals surface area contributed by atoms with E-state index in [0.717, 1.165) is 48.2 Å². The average Bonchev–Trinajstić information content (AvgIpc) is 3.46. The number of aromatic nitrogens is 5. The Kier molecular flexibility index (Phi) is 4.27. The molecule has 1 atom stereocenters. The largest absolute Gasteiger partial charge is 0.513 e. The first-order chi connectivity index (χ1) is 14.2. The van der Waals surface area contributed by atoms with Gasteiger partial charge in [-0.05, 0) is 43.2 Å². The molecule has 0 spiro atoms. The number of nitrogens with zero attached hydrogens (tertiary/aromatic N) is 5. The van der Waals surface area contributed by atoms with Crippen LogP contribution in [-0.4, -0.2) is 50.4 Å². The highest BCUT2D eigenvalue weighted by atomic mass is 16.7. The summed E-state index contributed by atoms with van der Waals surface area (Å²) in [6, 6.07) is 9.93. The molecule has 0 amide bonds. The van der Waals surface area contributed by atoms with Crippen LogP contribution in [0.3, 0.4) is 0 Å². The Morgan fingerprint density at radius 3 is 3.10 bits per heavy atom. The maximum atomic E-state index is 11.3. The van der Waals surface area contributed by atoms with Crippen LogP contribution >= 0.6 is 0 Å². The fourth-order valence-electron chi connectivity index (χ4n) is 4.03. The number of hydrogen-bond donors (Lipinski definition) is 1. The van der Waals surface area contributed by atoms with E-state index in [0.29, 0.717) is 17.6 Å². The number of ether oxygens (including phenoxy) is 2. The number of fused-ring (bicyclic) bond motifs is 2. The van der Waals surface area contributed by atoms with E-state index >= 15 is 0 Å². The van der Waals surface area contributed by atoms with E-state index in [-0.39, 0.29) is 0 Å². The lowest BCUT2D eigenvalue weighted by atomic mass is 10.1. The molecule has 148 valence electrons. The van der Waals surface area contributed by atoms with Crippen LogP contribution in [0.5, 0.6) is 5.75 Å². The number of carbonyl (C=O) groups is 1. The summed E-state index contributed by atoms with van der Waals surface area (Å²) in [6.07, 6.45) is 5.69. The molecule has 9 heteroatoms. The van der Waals surface area contributed by atoms with E-state index in [1.807, 2.05) is 18.2 Å². The lowest BCUT2D eigenvalue weighted by molar-refractivity contribution is 0.121. The smallest absolute Gasteiger partial charge is 0.437 e. The van der Waals surface area contributed by atoms with Gasteiger partial charge in [0.05, 0.1) is 7.11 Å². The van der Waals surface area contributed by atoms with E-state index in [1.165, 1.54) is 13.4 Å². The van der Waals surface area contributed by atoms with Crippen LogP contribution in [0.2, 0.25) is 0 Å². The molecule has 0 bridgehead atoms. The number of anilines is 1. The molecule has 9 nitrogen and oxygen atoms in total. The predicted octanol–water partition coefficient (Wildman–Crippen LogP) is 2.96. The zero-order valence-electron chi connectivity index (χ0n) is 15.9. The van der Waals surface area contributed by atoms with Crippen LogP contribution in [0.25, 0.3) is 16.7 Å². The predicted molar refractivity (Wildman–Crippen MR) is 106 cm³/mol. The van der Waals surface area contributed by atoms with Crippen molar-refractivity contribution in [1.82, 2.24) is 24.6 Å². The lowest BCUT2D eigenvalue weighted by Crippen LogP contribution is -2.32. The Balaban J connectivity index is 1.39. The van der Waals surface area contributed by atoms with Crippen LogP contribution < -0.4 is 9.64 Å². The molecule has 1 fully saturated rings. The Labute approximate surface area is 166 Å². The van der Waals surface area contributed by atoms with Crippen molar-refractivity contribution in [3.63, 3.8) is 0 Å². The fourth-order valence-corrected chi connectivity index (χ4v) is 4.03. The summed E-state index contributed by atoms with van der Waals surface area (Å²) >= 11 is 0. The van der Waals surface area contributed by atoms with Gasteiger partial charge in [-0.1, -0.05) is 0 Å². The fraction of sp³-hybridized carbons (Fsp3) is 0.300. The second kappa shape index (κ2) is 7.08. The summed E-state index contributed by atoms with van der Waals surface area (Å²) in [4.78, 5) is 25.6. The minimum atomic E-state index is -0.724. The summed E-state index contributed by atoms with van der Waals surface area (Å²) in [5.41, 5.74) is 2.14. The molecule has 1 N–H and O–H groups in total. The van der Waals surface area contributed by atoms with Gasteiger partial charge in [0.2, 0.25) is 0 Å². The van der Waals surface area contributed by atoms with Crippen molar-refractivity contribution in [3.05, 3.63) is 48.5 Å². The summed E-state index contributed by atoms with van der Waals surface area (Å²) in [6.45, 7) is 0.973. The molecule has 4 heterocycles. The van der Waals surface area contributed by atoms with E-state index in [9.17, 15) is 4.79 Å². The lowest BCUT2D eigenvalue weighted by Gasteiger charge is -2.26. The molecule has 1 unspecified atom stereocenters. The number of aromatic amines is 1. The molecular formula is C20H20N6O3. The Morgan fingerprint density at radius 1 is 1.28 bits per heavy atom. The Morgan fingerprint density at radius 2 is 2.21 bits per heavy atom. The molecule has 4 aromatic rings. The quantitative estimate of drug-likeness (QED) is 0.421. The molecule has 1 saturated heterocycles. The van der Waals surface area contributed by atoms with Gasteiger partial charge in [0.25, 0.3) is 5.78 Å². The highest BCUT2D eigenvalue weighted by Crippen LogP contribution is 2.29. The van der Waals surface area contributed by atoms with Crippen LogP contribution in [0.15, 0.2) is 42.9 Å². The summed E-state index contributed by atoms with van der Waals surface area (Å²) < 4.78 is 11.5. The van der Waals surface area contributed by atoms with Gasteiger partial charge >= 0.3 is 6.16 Å². The highest BCUT2D eigenvalue weighted by molar-refractivity contribution is 5.82. The Bertz CT molecular complexity index is 1180. The van der Waals surface area contributed by atoms with Gasteiger partial charge in [0.15, 0.2) is 0 Å². The maximum absolute atomic E-state index is 11.3. The zero-order valence-corrected chi connectivity index (χ0v) is 15.9. The third-order valence-electron chi connectivity index (χ3n) is 5.30. The SMILES string of the molecule is COC(=O)Oc1ccc2[nH]c(CC3CCCN3c3ccnc4ncnn34)cc2c1. The average molecular weight is 392 g/mol. The number of hydrogen-bond acceptors (Lipinski definition) is 7. The number of methoxy groups -OCH3 is 1. The number of benzene rings is 1. The van der Waals surface area contributed by atoms with Gasteiger partial charge < -0.3 is 19.4 Å². The minimum absolute atomic E-state index is 0.351. The first-order valence-corrected chi connectivity index (χ1v) is 9.50. The van der Waals surface area contributed by atoms with Crippen LogP contribution in [0.1, 0.15) is 18.5 Å². The van der Waals surface area contributed by atoms with Crippen molar-refractivity contribution in [2.75, 3.05) is 18.6 Å². The van der Waals surface area contributed by atoms with Crippen molar-refractivity contribution in [2.45, 2.75) is 25.3 Å². The van der Waals surface area contributed by atoms with Crippen LogP contribution in [0.4, 0.5) is 10.6 Å². The van der Waals surface area contributed by atoms with Crippen molar-refractivity contribution >= 4 is 28.7 Å². The number of rotatable bonds is 4. The van der Waals surface area contributed by atoms with Crippen molar-refractivity contribution in [2.24, 2.45) is 0 Å². The molecule has 0 saturated carbocycles. The third kappa shape index (κ3) is 3.24. The summed E-state index contributed by atoms with van der Waals surface area (Å²) in [7, 11) is 1.29. The summed E-state index contributed by atoms with van der Waals surface area (Å²) in [5, 5.41) is 5.32. The van der Waals surface area contributed by atoms with E-state index in [4.69, 9.17) is 4.74 Å². The first kappa shape index (κ1) is 17.5. The second-order valence-corrected chi connectivity index (χ2v) is 7.07. The van der Waals surface area contributed by atoms with Crippen molar-refractivity contribution in [3.8, 4) is 5.75 Å². The zero-order chi connectivity index (χ0) is 19.8. The number of carbonyl (C=O) groups excluding carboxylic acids is 1. The number of nitrogens with one attached hydrogen (secondary N) is 1. The van der Waals surface area contributed by atoms with E-state index < -0.39 is 6.16 Å². The molecular weight excluding hydrogens is 372 g/mol. The van der Waals surface area contributed by atoms with Gasteiger partial charge in [0, 0.05) is 41.8 Å². The molecule has 1 aromatic carbocycles. The van der Waals surface area contributed by atoms with Gasteiger partial charge in [-0.25, -0.2) is 9.78 Å². The monoisotopic (exact) mass is 392 g/mol. The van der Waals surface area contributed by atoms with E-state index in [2.05, 4.69) is 35.8 Å². The first-order valence-electron chi connectivity index (χ1n) is 9.50. The molecule has 0 aliphatic carbocycles. The van der Waals surface area contributed by atoms with Crippen molar-refractivity contribution < 1.29 is 14.3 Å². The molecule has 1 aliphatic rings. The van der Waals surface area contributed by atoms with Crippen molar-refractivity contribution in [1.29, 1.82) is 0 Å². The molecule has 0 radical (unpaired) electrons. The van der Waals surface area contributed by atoms with Gasteiger partial charge in [-0.15, -0.1) is 0 Å². The molecule has 5 rings (SSSR count). The van der Waals surface area contributed by atoms with Gasteiger partial charge in [-0.3, -0.25) is 0 Å². The second-order valence-electron chi connectivity index (χ2n) is 7.07. The highest BCUT2D eigenvalue weighted by Gasteiger charge is 2.27. The molecule has 1 aliphatic heterocycles. The third-order valence-corrected chi connectivity index (χ3v) is 5.30. The standard InChI is InChI=1S/C20H20N6O3/c1-28-20(27)29-16-4-5-17-13(10-16)9-14(24-17)11-15-3-2-8-25(15)18-6-7-21-19-22-12-23-26(18)19/h4-7,9-10,12,15,24H,2-3,8,11H2,1H3. The Hall–Kier alpha value is -3.62. The van der Waals surface area contributed by atoms with Gasteiger partial charge in [0.1, 0.15) is 17.9 Å². The number of H-pyrrole nitrogens is 1. The maximum Gasteiger partial charge on any atom is 0.513 e. The van der Waals surface area contributed by atoms with Gasteiger partial charge in [-0.2, -0.15) is 14.6 Å². The molecule has 3 aromatic heterocycles. The normalized spacial score (nSPS) is 16.6. The van der Waals surface area contributed by atoms with Crippen LogP contribution in [0, 0.1) is 0 Å². The molecule has 29 heavy (non-hydrogen) atoms.